The molecule has 1 amide bonds. The van der Waals surface area contributed by atoms with Crippen LogP contribution in [0.1, 0.15) is 37.5 Å². The lowest BCUT2D eigenvalue weighted by molar-refractivity contribution is -0.126. The van der Waals surface area contributed by atoms with Gasteiger partial charge in [0.15, 0.2) is 5.17 Å². The van der Waals surface area contributed by atoms with Gasteiger partial charge in [-0.25, -0.2) is 4.39 Å². The number of benzene rings is 1. The Balaban J connectivity index is 1.78. The zero-order valence-corrected chi connectivity index (χ0v) is 15.3. The number of hydrogen-bond acceptors (Lipinski definition) is 5. The normalized spacial score (nSPS) is 19.2. The first kappa shape index (κ1) is 18.4. The van der Waals surface area contributed by atoms with Crippen LogP contribution >= 0.6 is 11.8 Å². The summed E-state index contributed by atoms with van der Waals surface area (Å²) in [6.45, 7) is 2.45. The molecule has 1 aliphatic heterocycles. The van der Waals surface area contributed by atoms with E-state index in [2.05, 4.69) is 17.1 Å². The van der Waals surface area contributed by atoms with E-state index in [-0.39, 0.29) is 17.0 Å². The number of unbranched alkanes of at least 4 members (excludes halogenated alkanes) is 1. The van der Waals surface area contributed by atoms with Crippen LogP contribution in [0.2, 0.25) is 0 Å². The van der Waals surface area contributed by atoms with E-state index in [1.54, 1.807) is 35.4 Å². The second-order valence-electron chi connectivity index (χ2n) is 5.94. The second kappa shape index (κ2) is 8.80. The Morgan fingerprint density at radius 2 is 2.12 bits per heavy atom. The molecule has 0 N–H and O–H groups in total. The fourth-order valence-electron chi connectivity index (χ4n) is 2.58. The molecular formula is C19H20FN3O2S. The third-order valence-electron chi connectivity index (χ3n) is 3.97. The largest absolute Gasteiger partial charge is 0.463 e. The van der Waals surface area contributed by atoms with Crippen LogP contribution < -0.4 is 0 Å². The summed E-state index contributed by atoms with van der Waals surface area (Å²) in [5.41, 5.74) is 0.846. The number of nitrogens with zero attached hydrogens (tertiary/aromatic N) is 3. The molecule has 1 saturated heterocycles. The van der Waals surface area contributed by atoms with E-state index in [0.29, 0.717) is 17.5 Å². The predicted octanol–water partition coefficient (Wildman–Crippen LogP) is 4.44. The van der Waals surface area contributed by atoms with Crippen molar-refractivity contribution in [1.29, 1.82) is 0 Å². The fourth-order valence-corrected chi connectivity index (χ4v) is 3.72. The predicted molar refractivity (Wildman–Crippen MR) is 102 cm³/mol. The van der Waals surface area contributed by atoms with Gasteiger partial charge in [0.2, 0.25) is 5.91 Å². The monoisotopic (exact) mass is 373 g/mol. The van der Waals surface area contributed by atoms with Crippen molar-refractivity contribution in [2.75, 3.05) is 0 Å². The summed E-state index contributed by atoms with van der Waals surface area (Å²) in [6.07, 6.45) is 5.89. The van der Waals surface area contributed by atoms with Crippen molar-refractivity contribution in [3.8, 4) is 0 Å². The molecule has 2 aromatic rings. The third kappa shape index (κ3) is 4.60. The minimum absolute atomic E-state index is 0.0275. The van der Waals surface area contributed by atoms with E-state index in [1.807, 2.05) is 0 Å². The van der Waals surface area contributed by atoms with E-state index in [0.717, 1.165) is 24.8 Å². The molecule has 0 bridgehead atoms. The molecule has 5 nitrogen and oxygen atoms in total. The summed E-state index contributed by atoms with van der Waals surface area (Å²) in [5, 5.41) is 8.68. The number of amidine groups is 1. The van der Waals surface area contributed by atoms with Crippen LogP contribution in [-0.4, -0.2) is 27.4 Å². The second-order valence-corrected chi connectivity index (χ2v) is 7.11. The van der Waals surface area contributed by atoms with Crippen LogP contribution in [0.5, 0.6) is 0 Å². The Kier molecular flexibility index (Phi) is 6.22. The topological polar surface area (TPSA) is 58.2 Å². The molecule has 1 aliphatic rings. The number of thioether (sulfide) groups is 1. The average Bonchev–Trinajstić information content (AvgIpc) is 3.25. The highest BCUT2D eigenvalue weighted by Gasteiger charge is 2.37. The van der Waals surface area contributed by atoms with Crippen LogP contribution in [-0.2, 0) is 11.3 Å². The molecule has 0 unspecified atom stereocenters. The van der Waals surface area contributed by atoms with E-state index < -0.39 is 0 Å². The van der Waals surface area contributed by atoms with E-state index >= 15 is 0 Å². The molecule has 1 aromatic carbocycles. The van der Waals surface area contributed by atoms with Gasteiger partial charge in [-0.05, 0) is 36.2 Å². The van der Waals surface area contributed by atoms with Crippen molar-refractivity contribution >= 4 is 29.1 Å². The molecule has 0 saturated carbocycles. The summed E-state index contributed by atoms with van der Waals surface area (Å²) < 4.78 is 18.3. The highest BCUT2D eigenvalue weighted by atomic mass is 32.2. The first-order valence-electron chi connectivity index (χ1n) is 8.54. The summed E-state index contributed by atoms with van der Waals surface area (Å²) in [4.78, 5) is 14.4. The highest BCUT2D eigenvalue weighted by Crippen LogP contribution is 2.32. The number of halogens is 1. The van der Waals surface area contributed by atoms with Crippen molar-refractivity contribution in [3.63, 3.8) is 0 Å². The van der Waals surface area contributed by atoms with Gasteiger partial charge in [-0.3, -0.25) is 9.69 Å². The molecule has 1 fully saturated rings. The lowest BCUT2D eigenvalue weighted by Crippen LogP contribution is -2.31. The average molecular weight is 373 g/mol. The number of hydrogen-bond donors (Lipinski definition) is 0. The molecule has 26 heavy (non-hydrogen) atoms. The Bertz CT molecular complexity index is 788. The quantitative estimate of drug-likeness (QED) is 0.532. The van der Waals surface area contributed by atoms with Crippen molar-refractivity contribution < 1.29 is 13.6 Å². The maximum atomic E-state index is 13.1. The Labute approximate surface area is 156 Å². The van der Waals surface area contributed by atoms with Gasteiger partial charge in [0.1, 0.15) is 11.6 Å². The maximum Gasteiger partial charge on any atom is 0.242 e. The van der Waals surface area contributed by atoms with Gasteiger partial charge in [0.05, 0.1) is 24.3 Å². The minimum atomic E-state index is -0.298. The zero-order chi connectivity index (χ0) is 18.4. The van der Waals surface area contributed by atoms with Crippen LogP contribution in [0.25, 0.3) is 0 Å². The van der Waals surface area contributed by atoms with Gasteiger partial charge in [-0.1, -0.05) is 43.7 Å². The standard InChI is InChI=1S/C19H20FN3O2S/c1-2-3-6-17-18(24)23(13-14-7-9-15(20)10-8-14)19(26-17)22-21-12-16-5-4-11-25-16/h4-5,7-12,17H,2-3,6,13H2,1H3/b21-12-,22-19-/t17-/m1/s1. The molecule has 0 radical (unpaired) electrons. The van der Waals surface area contributed by atoms with Gasteiger partial charge in [0, 0.05) is 0 Å². The number of amides is 1. The van der Waals surface area contributed by atoms with Crippen LogP contribution in [0.3, 0.4) is 0 Å². The van der Waals surface area contributed by atoms with Crippen LogP contribution in [0.4, 0.5) is 4.39 Å². The molecule has 0 spiro atoms. The van der Waals surface area contributed by atoms with E-state index in [1.165, 1.54) is 30.1 Å². The molecule has 1 atom stereocenters. The summed E-state index contributed by atoms with van der Waals surface area (Å²) in [5.74, 6) is 0.324. The van der Waals surface area contributed by atoms with Gasteiger partial charge in [-0.2, -0.15) is 5.10 Å². The van der Waals surface area contributed by atoms with Gasteiger partial charge in [0.25, 0.3) is 0 Å². The van der Waals surface area contributed by atoms with Crippen molar-refractivity contribution in [3.05, 3.63) is 59.8 Å². The first-order valence-corrected chi connectivity index (χ1v) is 9.42. The fraction of sp³-hybridized carbons (Fsp3) is 0.316. The Morgan fingerprint density at radius 3 is 2.81 bits per heavy atom. The molecule has 1 aromatic heterocycles. The van der Waals surface area contributed by atoms with E-state index in [9.17, 15) is 9.18 Å². The molecule has 136 valence electrons. The number of carbonyl (C=O) groups excluding carboxylic acids is 1. The third-order valence-corrected chi connectivity index (χ3v) is 5.20. The highest BCUT2D eigenvalue weighted by molar-refractivity contribution is 8.15. The zero-order valence-electron chi connectivity index (χ0n) is 14.5. The minimum Gasteiger partial charge on any atom is -0.463 e. The van der Waals surface area contributed by atoms with Crippen molar-refractivity contribution in [2.24, 2.45) is 10.2 Å². The van der Waals surface area contributed by atoms with Gasteiger partial charge < -0.3 is 4.42 Å². The summed E-state index contributed by atoms with van der Waals surface area (Å²) >= 11 is 1.43. The smallest absolute Gasteiger partial charge is 0.242 e. The summed E-state index contributed by atoms with van der Waals surface area (Å²) in [6, 6.07) is 9.68. The Hall–Kier alpha value is -2.41. The van der Waals surface area contributed by atoms with Crippen molar-refractivity contribution in [1.82, 2.24) is 4.90 Å². The van der Waals surface area contributed by atoms with Gasteiger partial charge >= 0.3 is 0 Å². The molecule has 3 rings (SSSR count). The summed E-state index contributed by atoms with van der Waals surface area (Å²) in [7, 11) is 0. The number of furan rings is 1. The molecular weight excluding hydrogens is 353 g/mol. The molecule has 0 aliphatic carbocycles. The van der Waals surface area contributed by atoms with Gasteiger partial charge in [-0.15, -0.1) is 5.10 Å². The maximum absolute atomic E-state index is 13.1. The number of carbonyl (C=O) groups is 1. The molecule has 2 heterocycles. The van der Waals surface area contributed by atoms with Crippen molar-refractivity contribution in [2.45, 2.75) is 38.0 Å². The van der Waals surface area contributed by atoms with E-state index in [4.69, 9.17) is 4.42 Å². The van der Waals surface area contributed by atoms with Crippen LogP contribution in [0.15, 0.2) is 57.3 Å². The lowest BCUT2D eigenvalue weighted by atomic mass is 10.1. The number of rotatable bonds is 7. The SMILES string of the molecule is CCCC[C@H]1S/C(=N\N=C/c2ccco2)N(Cc2ccc(F)cc2)C1=O. The Morgan fingerprint density at radius 1 is 1.31 bits per heavy atom. The first-order chi connectivity index (χ1) is 12.7. The lowest BCUT2D eigenvalue weighted by Gasteiger charge is -2.15. The van der Waals surface area contributed by atoms with Crippen LogP contribution in [0, 0.1) is 5.82 Å². The molecule has 7 heteroatoms.